The molecule has 1 aromatic heterocycles. The molecule has 2 aromatic rings. The second kappa shape index (κ2) is 10.6. The van der Waals surface area contributed by atoms with Crippen LogP contribution in [-0.2, 0) is 0 Å². The number of nitrogens with two attached hydrogens (primary N) is 2. The summed E-state index contributed by atoms with van der Waals surface area (Å²) >= 11 is 6.12. The van der Waals surface area contributed by atoms with Crippen molar-refractivity contribution < 1.29 is 17.9 Å². The lowest BCUT2D eigenvalue weighted by molar-refractivity contribution is 0.151. The van der Waals surface area contributed by atoms with Crippen LogP contribution in [0.4, 0.5) is 19.0 Å². The number of allylic oxidation sites excluding steroid dienone is 2. The molecular formula is C23H24ClF3N6O. The molecule has 1 aromatic carbocycles. The molecule has 0 radical (unpaired) electrons. The Morgan fingerprint density at radius 1 is 1.38 bits per heavy atom. The van der Waals surface area contributed by atoms with Crippen molar-refractivity contribution in [3.05, 3.63) is 64.1 Å². The van der Waals surface area contributed by atoms with Crippen LogP contribution < -0.4 is 21.5 Å². The summed E-state index contributed by atoms with van der Waals surface area (Å²) in [6.45, 7) is 1.00. The highest BCUT2D eigenvalue weighted by Gasteiger charge is 2.23. The zero-order valence-electron chi connectivity index (χ0n) is 18.5. The van der Waals surface area contributed by atoms with Gasteiger partial charge in [-0.15, -0.1) is 0 Å². The third kappa shape index (κ3) is 5.51. The highest BCUT2D eigenvalue weighted by Crippen LogP contribution is 2.35. The van der Waals surface area contributed by atoms with Gasteiger partial charge in [0.05, 0.1) is 6.54 Å². The van der Waals surface area contributed by atoms with Crippen LogP contribution in [0, 0.1) is 11.2 Å². The highest BCUT2D eigenvalue weighted by molar-refractivity contribution is 6.69. The average Bonchev–Trinajstić information content (AvgIpc) is 2.78. The number of alkyl halides is 2. The van der Waals surface area contributed by atoms with E-state index in [2.05, 4.69) is 15.3 Å². The Morgan fingerprint density at radius 2 is 2.12 bits per heavy atom. The molecular weight excluding hydrogens is 469 g/mol. The number of aliphatic imine (C=N–C) groups is 1. The van der Waals surface area contributed by atoms with Gasteiger partial charge in [0.2, 0.25) is 0 Å². The van der Waals surface area contributed by atoms with Gasteiger partial charge < -0.3 is 21.5 Å². The number of nitrogen functional groups attached to an aromatic ring is 1. The van der Waals surface area contributed by atoms with Gasteiger partial charge in [-0.2, -0.15) is 0 Å². The van der Waals surface area contributed by atoms with E-state index in [0.29, 0.717) is 22.3 Å². The molecule has 180 valence electrons. The molecule has 0 saturated heterocycles. The SMILES string of the molecule is CN=CC1=C(N)c2ccc(F)cc2[C@@H](C)Oc2cc(cnc2N)/C(NCC(F)F)=C(/C(=N)Cl)C1. The highest BCUT2D eigenvalue weighted by atomic mass is 35.5. The van der Waals surface area contributed by atoms with Gasteiger partial charge in [-0.3, -0.25) is 10.4 Å². The van der Waals surface area contributed by atoms with E-state index in [4.69, 9.17) is 33.2 Å². The quantitative estimate of drug-likeness (QED) is 0.458. The van der Waals surface area contributed by atoms with Crippen LogP contribution in [0.5, 0.6) is 5.75 Å². The minimum absolute atomic E-state index is 0.0250. The molecule has 6 N–H and O–H groups in total. The summed E-state index contributed by atoms with van der Waals surface area (Å²) < 4.78 is 46.4. The van der Waals surface area contributed by atoms with Crippen molar-refractivity contribution in [2.45, 2.75) is 25.9 Å². The van der Waals surface area contributed by atoms with E-state index in [1.165, 1.54) is 43.7 Å². The Balaban J connectivity index is 2.38. The zero-order valence-corrected chi connectivity index (χ0v) is 19.3. The molecule has 11 heteroatoms. The number of ether oxygens (including phenoxy) is 1. The van der Waals surface area contributed by atoms with Crippen molar-refractivity contribution in [2.24, 2.45) is 10.7 Å². The van der Waals surface area contributed by atoms with Crippen LogP contribution in [0.2, 0.25) is 0 Å². The van der Waals surface area contributed by atoms with Crippen LogP contribution in [-0.4, -0.2) is 36.4 Å². The first-order valence-corrected chi connectivity index (χ1v) is 10.6. The summed E-state index contributed by atoms with van der Waals surface area (Å²) in [5.74, 6) is -0.291. The molecule has 0 spiro atoms. The Hall–Kier alpha value is -3.53. The molecule has 0 saturated carbocycles. The van der Waals surface area contributed by atoms with Crippen molar-refractivity contribution in [3.8, 4) is 5.75 Å². The summed E-state index contributed by atoms with van der Waals surface area (Å²) in [5.41, 5.74) is 14.8. The molecule has 1 atom stereocenters. The van der Waals surface area contributed by atoms with Crippen molar-refractivity contribution in [1.82, 2.24) is 10.3 Å². The average molecular weight is 493 g/mol. The van der Waals surface area contributed by atoms with Crippen molar-refractivity contribution in [3.63, 3.8) is 0 Å². The summed E-state index contributed by atoms with van der Waals surface area (Å²) in [4.78, 5) is 8.16. The summed E-state index contributed by atoms with van der Waals surface area (Å²) in [6.07, 6.45) is -0.549. The summed E-state index contributed by atoms with van der Waals surface area (Å²) in [5, 5.41) is 10.4. The maximum Gasteiger partial charge on any atom is 0.255 e. The number of benzene rings is 1. The topological polar surface area (TPSA) is 122 Å². The van der Waals surface area contributed by atoms with Gasteiger partial charge in [-0.1, -0.05) is 11.6 Å². The maximum atomic E-state index is 14.2. The second-order valence-corrected chi connectivity index (χ2v) is 7.92. The maximum absolute atomic E-state index is 14.2. The largest absolute Gasteiger partial charge is 0.482 e. The lowest BCUT2D eigenvalue weighted by Crippen LogP contribution is -2.23. The third-order valence-electron chi connectivity index (χ3n) is 5.21. The lowest BCUT2D eigenvalue weighted by Gasteiger charge is -2.23. The van der Waals surface area contributed by atoms with Crippen LogP contribution in [0.1, 0.15) is 36.1 Å². The van der Waals surface area contributed by atoms with Crippen LogP contribution >= 0.6 is 11.6 Å². The number of fused-ring (bicyclic) bond motifs is 3. The van der Waals surface area contributed by atoms with Crippen LogP contribution in [0.25, 0.3) is 11.4 Å². The first-order valence-electron chi connectivity index (χ1n) is 10.2. The standard InChI is InChI=1S/C23H24ClF3N6O/c1-11-16-7-14(25)3-4-15(16)20(28)12(8-31-2)5-17(22(24)29)21(32-10-19(26)27)13-6-18(34-11)23(30)33-9-13/h3-4,6-9,11,19,29,32H,5,10,28H2,1-2H3,(H2,30,33)/b20-12?,21-17-,29-22?,31-8?/t11-/m1/s1. The monoisotopic (exact) mass is 492 g/mol. The molecule has 0 amide bonds. The summed E-state index contributed by atoms with van der Waals surface area (Å²) in [6, 6.07) is 5.59. The predicted octanol–water partition coefficient (Wildman–Crippen LogP) is 4.50. The lowest BCUT2D eigenvalue weighted by atomic mass is 9.93. The third-order valence-corrected chi connectivity index (χ3v) is 5.44. The van der Waals surface area contributed by atoms with Gasteiger partial charge in [-0.25, -0.2) is 18.2 Å². The number of halogens is 4. The van der Waals surface area contributed by atoms with Gasteiger partial charge in [0.25, 0.3) is 6.43 Å². The smallest absolute Gasteiger partial charge is 0.255 e. The van der Waals surface area contributed by atoms with E-state index in [1.807, 2.05) is 0 Å². The van der Waals surface area contributed by atoms with Crippen molar-refractivity contribution in [2.75, 3.05) is 19.3 Å². The Kier molecular flexibility index (Phi) is 7.83. The van der Waals surface area contributed by atoms with Gasteiger partial charge >= 0.3 is 0 Å². The molecule has 0 unspecified atom stereocenters. The fraction of sp³-hybridized carbons (Fsp3) is 0.261. The normalized spacial score (nSPS) is 18.9. The molecule has 0 aliphatic carbocycles. The summed E-state index contributed by atoms with van der Waals surface area (Å²) in [7, 11) is 1.54. The van der Waals surface area contributed by atoms with Gasteiger partial charge in [0.15, 0.2) is 11.6 Å². The molecule has 3 rings (SSSR count). The number of nitrogens with zero attached hydrogens (tertiary/aromatic N) is 2. The minimum Gasteiger partial charge on any atom is -0.482 e. The predicted molar refractivity (Wildman–Crippen MR) is 129 cm³/mol. The molecule has 7 nitrogen and oxygen atoms in total. The molecule has 34 heavy (non-hydrogen) atoms. The minimum atomic E-state index is -2.67. The van der Waals surface area contributed by atoms with Gasteiger partial charge in [0.1, 0.15) is 17.1 Å². The number of nitrogens with one attached hydrogen (secondary N) is 2. The number of pyridine rings is 1. The first-order chi connectivity index (χ1) is 16.1. The fourth-order valence-electron chi connectivity index (χ4n) is 3.62. The number of hydrogen-bond acceptors (Lipinski definition) is 7. The molecule has 2 bridgehead atoms. The molecule has 1 aliphatic rings. The van der Waals surface area contributed by atoms with E-state index < -0.39 is 30.1 Å². The Morgan fingerprint density at radius 3 is 2.76 bits per heavy atom. The zero-order chi connectivity index (χ0) is 25.0. The van der Waals surface area contributed by atoms with E-state index in [1.54, 1.807) is 6.92 Å². The van der Waals surface area contributed by atoms with E-state index in [0.717, 1.165) is 0 Å². The second-order valence-electron chi connectivity index (χ2n) is 7.54. The molecule has 2 heterocycles. The number of hydrogen-bond donors (Lipinski definition) is 4. The Bertz CT molecular complexity index is 1200. The van der Waals surface area contributed by atoms with Crippen molar-refractivity contribution in [1.29, 1.82) is 5.41 Å². The Labute approximate surface area is 199 Å². The van der Waals surface area contributed by atoms with Gasteiger partial charge in [-0.05, 0) is 36.8 Å². The van der Waals surface area contributed by atoms with Crippen LogP contribution in [0.3, 0.4) is 0 Å². The molecule has 0 fully saturated rings. The fourth-order valence-corrected chi connectivity index (χ4v) is 3.78. The number of anilines is 1. The van der Waals surface area contributed by atoms with E-state index >= 15 is 0 Å². The van der Waals surface area contributed by atoms with E-state index in [9.17, 15) is 13.2 Å². The number of aromatic nitrogens is 1. The van der Waals surface area contributed by atoms with Crippen LogP contribution in [0.15, 0.2) is 46.6 Å². The van der Waals surface area contributed by atoms with Crippen molar-refractivity contribution >= 4 is 40.2 Å². The first kappa shape index (κ1) is 25.1. The number of rotatable bonds is 5. The molecule has 1 aliphatic heterocycles. The van der Waals surface area contributed by atoms with E-state index in [-0.39, 0.29) is 35.0 Å². The van der Waals surface area contributed by atoms with Gasteiger partial charge in [0, 0.05) is 59.5 Å².